The molecule has 1 fully saturated rings. The zero-order valence-corrected chi connectivity index (χ0v) is 13.5. The van der Waals surface area contributed by atoms with Gasteiger partial charge >= 0.3 is 5.97 Å². The number of nitrogens with zero attached hydrogens (tertiary/aromatic N) is 1. The maximum absolute atomic E-state index is 12.1. The van der Waals surface area contributed by atoms with E-state index in [1.165, 1.54) is 6.92 Å². The Morgan fingerprint density at radius 1 is 1.52 bits per heavy atom. The summed E-state index contributed by atoms with van der Waals surface area (Å²) in [5, 5.41) is 18.9. The quantitative estimate of drug-likeness (QED) is 0.276. The van der Waals surface area contributed by atoms with E-state index in [1.807, 2.05) is 0 Å². The molecular weight excluding hydrogens is 328 g/mol. The van der Waals surface area contributed by atoms with E-state index in [-0.39, 0.29) is 36.5 Å². The Labute approximate surface area is 133 Å². The number of carboxylic acids is 1. The van der Waals surface area contributed by atoms with E-state index >= 15 is 0 Å². The fourth-order valence-electron chi connectivity index (χ4n) is 3.19. The number of carboxylic acid groups (broad SMARTS) is 1. The molecule has 0 aromatic carbocycles. The highest BCUT2D eigenvalue weighted by molar-refractivity contribution is 7.91. The number of hydrogen-bond acceptors (Lipinski definition) is 7. The summed E-state index contributed by atoms with van der Waals surface area (Å²) in [6.45, 7) is 1.54. The first-order valence-corrected chi connectivity index (χ1v) is 9.00. The number of rotatable bonds is 8. The minimum Gasteiger partial charge on any atom is -0.477 e. The molecule has 0 radical (unpaired) electrons. The number of carbonyl (C=O) groups excluding carboxylic acids is 1. The van der Waals surface area contributed by atoms with E-state index in [0.717, 1.165) is 4.90 Å². The summed E-state index contributed by atoms with van der Waals surface area (Å²) in [6.07, 6.45) is -0.552. The molecule has 10 heteroatoms. The van der Waals surface area contributed by atoms with Gasteiger partial charge in [0.05, 0.1) is 36.2 Å². The number of fused-ring (bicyclic) bond motifs is 1. The lowest BCUT2D eigenvalue weighted by atomic mass is 9.83. The smallest absolute Gasteiger partial charge is 0.352 e. The largest absolute Gasteiger partial charge is 0.477 e. The Morgan fingerprint density at radius 2 is 2.17 bits per heavy atom. The predicted octanol–water partition coefficient (Wildman–Crippen LogP) is -1.37. The number of aliphatic hydroxyl groups excluding tert-OH is 1. The average molecular weight is 348 g/mol. The first-order valence-electron chi connectivity index (χ1n) is 7.18. The van der Waals surface area contributed by atoms with Crippen LogP contribution in [-0.4, -0.2) is 65.7 Å². The number of carbonyl (C=O) groups is 2. The molecule has 4 N–H and O–H groups in total. The third kappa shape index (κ3) is 3.39. The van der Waals surface area contributed by atoms with Gasteiger partial charge < -0.3 is 20.0 Å². The monoisotopic (exact) mass is 348 g/mol. The van der Waals surface area contributed by atoms with E-state index in [4.69, 9.17) is 5.90 Å². The van der Waals surface area contributed by atoms with E-state index < -0.39 is 45.5 Å². The van der Waals surface area contributed by atoms with Crippen LogP contribution >= 0.6 is 0 Å². The van der Waals surface area contributed by atoms with Crippen molar-refractivity contribution in [3.05, 3.63) is 11.3 Å². The van der Waals surface area contributed by atoms with E-state index in [0.29, 0.717) is 0 Å². The van der Waals surface area contributed by atoms with Crippen molar-refractivity contribution in [2.24, 2.45) is 11.8 Å². The molecule has 3 atom stereocenters. The van der Waals surface area contributed by atoms with E-state index in [9.17, 15) is 28.2 Å². The van der Waals surface area contributed by atoms with Crippen LogP contribution in [0.5, 0.6) is 0 Å². The van der Waals surface area contributed by atoms with Gasteiger partial charge in [0.25, 0.3) is 0 Å². The molecule has 3 unspecified atom stereocenters. The molecule has 23 heavy (non-hydrogen) atoms. The summed E-state index contributed by atoms with van der Waals surface area (Å²) in [4.78, 5) is 28.8. The van der Waals surface area contributed by atoms with Crippen molar-refractivity contribution in [2.75, 3.05) is 18.1 Å². The fourth-order valence-corrected chi connectivity index (χ4v) is 4.68. The maximum atomic E-state index is 12.1. The molecule has 0 saturated carbocycles. The Balaban J connectivity index is 2.18. The molecule has 0 bridgehead atoms. The van der Waals surface area contributed by atoms with E-state index in [1.54, 1.807) is 0 Å². The van der Waals surface area contributed by atoms with Crippen LogP contribution in [0.4, 0.5) is 0 Å². The topological polar surface area (TPSA) is 147 Å². The highest BCUT2D eigenvalue weighted by atomic mass is 32.2. The number of β-lactam (4-membered cyclic amide) rings is 1. The SMILES string of the molecule is CC(O)C1C(=O)N2C(C(=O)O)=C(CS(=O)(=O)CCCON)CC12. The van der Waals surface area contributed by atoms with Gasteiger partial charge in [0.15, 0.2) is 9.84 Å². The van der Waals surface area contributed by atoms with Gasteiger partial charge in [-0.15, -0.1) is 0 Å². The summed E-state index contributed by atoms with van der Waals surface area (Å²) >= 11 is 0. The van der Waals surface area contributed by atoms with Crippen LogP contribution in [0.25, 0.3) is 0 Å². The van der Waals surface area contributed by atoms with Crippen molar-refractivity contribution in [1.82, 2.24) is 4.90 Å². The molecular formula is C13H20N2O7S. The standard InChI is InChI=1S/C13H20N2O7S/c1-7(16)10-9-5-8(6-23(20,21)4-2-3-22-14)11(13(18)19)15(9)12(10)17/h7,9-10,16H,2-6,14H2,1H3,(H,18,19). The highest BCUT2D eigenvalue weighted by Gasteiger charge is 2.56. The normalized spacial score (nSPS) is 25.3. The Hall–Kier alpha value is -1.49. The predicted molar refractivity (Wildman–Crippen MR) is 78.5 cm³/mol. The molecule has 2 rings (SSSR count). The zero-order chi connectivity index (χ0) is 17.4. The molecule has 9 nitrogen and oxygen atoms in total. The summed E-state index contributed by atoms with van der Waals surface area (Å²) in [6, 6.07) is -0.480. The van der Waals surface area contributed by atoms with Gasteiger partial charge in [-0.3, -0.25) is 4.79 Å². The molecule has 130 valence electrons. The van der Waals surface area contributed by atoms with Crippen molar-refractivity contribution >= 4 is 21.7 Å². The third-order valence-electron chi connectivity index (χ3n) is 4.13. The van der Waals surface area contributed by atoms with Gasteiger partial charge in [0.2, 0.25) is 5.91 Å². The van der Waals surface area contributed by atoms with Crippen molar-refractivity contribution in [3.63, 3.8) is 0 Å². The Kier molecular flexibility index (Phi) is 5.09. The van der Waals surface area contributed by atoms with Crippen molar-refractivity contribution < 1.29 is 33.1 Å². The molecule has 1 amide bonds. The molecule has 1 saturated heterocycles. The van der Waals surface area contributed by atoms with Gasteiger partial charge in [0, 0.05) is 0 Å². The Bertz CT molecular complexity index is 641. The number of nitrogens with two attached hydrogens (primary N) is 1. The second kappa shape index (κ2) is 6.56. The van der Waals surface area contributed by atoms with Crippen LogP contribution in [0.2, 0.25) is 0 Å². The van der Waals surface area contributed by atoms with Crippen molar-refractivity contribution in [3.8, 4) is 0 Å². The summed E-state index contributed by atoms with van der Waals surface area (Å²) in [7, 11) is -3.54. The highest BCUT2D eigenvalue weighted by Crippen LogP contribution is 2.43. The van der Waals surface area contributed by atoms with E-state index in [2.05, 4.69) is 4.84 Å². The number of aliphatic carboxylic acids is 1. The number of aliphatic hydroxyl groups is 1. The molecule has 0 aromatic rings. The van der Waals surface area contributed by atoms with Crippen LogP contribution < -0.4 is 5.90 Å². The first kappa shape index (κ1) is 17.9. The summed E-state index contributed by atoms with van der Waals surface area (Å²) < 4.78 is 24.2. The summed E-state index contributed by atoms with van der Waals surface area (Å²) in [5.41, 5.74) is -0.0665. The lowest BCUT2D eigenvalue weighted by Gasteiger charge is -2.44. The molecule has 0 aliphatic carbocycles. The van der Waals surface area contributed by atoms with Gasteiger partial charge in [-0.1, -0.05) is 0 Å². The van der Waals surface area contributed by atoms with Crippen molar-refractivity contribution in [2.45, 2.75) is 31.9 Å². The van der Waals surface area contributed by atoms with Crippen LogP contribution in [0.15, 0.2) is 11.3 Å². The van der Waals surface area contributed by atoms with Gasteiger partial charge in [-0.2, -0.15) is 0 Å². The van der Waals surface area contributed by atoms with Crippen LogP contribution in [0.1, 0.15) is 19.8 Å². The van der Waals surface area contributed by atoms with Gasteiger partial charge in [-0.25, -0.2) is 19.1 Å². The van der Waals surface area contributed by atoms with Crippen molar-refractivity contribution in [1.29, 1.82) is 0 Å². The second-order valence-corrected chi connectivity index (χ2v) is 8.00. The lowest BCUT2D eigenvalue weighted by molar-refractivity contribution is -0.161. The molecule has 0 spiro atoms. The average Bonchev–Trinajstić information content (AvgIpc) is 2.72. The van der Waals surface area contributed by atoms with Gasteiger partial charge in [0.1, 0.15) is 5.70 Å². The second-order valence-electron chi connectivity index (χ2n) is 5.82. The molecule has 2 aliphatic heterocycles. The number of amides is 1. The van der Waals surface area contributed by atoms with Crippen LogP contribution in [0, 0.1) is 5.92 Å². The molecule has 0 aromatic heterocycles. The lowest BCUT2D eigenvalue weighted by Crippen LogP contribution is -2.61. The van der Waals surface area contributed by atoms with Crippen LogP contribution in [-0.2, 0) is 24.3 Å². The maximum Gasteiger partial charge on any atom is 0.352 e. The third-order valence-corrected chi connectivity index (χ3v) is 5.83. The summed E-state index contributed by atoms with van der Waals surface area (Å²) in [5.74, 6) is 1.73. The molecule has 2 aliphatic rings. The molecule has 2 heterocycles. The fraction of sp³-hybridized carbons (Fsp3) is 0.692. The van der Waals surface area contributed by atoms with Crippen LogP contribution in [0.3, 0.4) is 0 Å². The van der Waals surface area contributed by atoms with Gasteiger partial charge in [-0.05, 0) is 25.3 Å². The zero-order valence-electron chi connectivity index (χ0n) is 12.6. The Morgan fingerprint density at radius 3 is 2.70 bits per heavy atom. The minimum atomic E-state index is -3.54. The first-order chi connectivity index (χ1) is 10.7. The number of hydrogen-bond donors (Lipinski definition) is 3. The number of sulfone groups is 1. The minimum absolute atomic E-state index is 0.0847.